The Labute approximate surface area is 111 Å². The van der Waals surface area contributed by atoms with Crippen molar-refractivity contribution in [1.82, 2.24) is 0 Å². The van der Waals surface area contributed by atoms with Crippen molar-refractivity contribution in [3.63, 3.8) is 0 Å². The maximum absolute atomic E-state index is 9.06. The summed E-state index contributed by atoms with van der Waals surface area (Å²) in [6.45, 7) is 3.25. The summed E-state index contributed by atoms with van der Waals surface area (Å²) in [5.41, 5.74) is 0.343. The van der Waals surface area contributed by atoms with Crippen molar-refractivity contribution in [1.29, 1.82) is 0 Å². The van der Waals surface area contributed by atoms with Crippen molar-refractivity contribution >= 4 is 0 Å². The van der Waals surface area contributed by atoms with Gasteiger partial charge < -0.3 is 14.9 Å². The first-order chi connectivity index (χ1) is 8.61. The summed E-state index contributed by atoms with van der Waals surface area (Å²) in [7, 11) is 0. The van der Waals surface area contributed by atoms with E-state index in [1.807, 2.05) is 0 Å². The molecule has 0 heterocycles. The number of hydrogen-bond donors (Lipinski definition) is 2. The van der Waals surface area contributed by atoms with Crippen LogP contribution < -0.4 is 0 Å². The highest BCUT2D eigenvalue weighted by Crippen LogP contribution is 2.54. The molecule has 3 nitrogen and oxygen atoms in total. The highest BCUT2D eigenvalue weighted by atomic mass is 16.5. The van der Waals surface area contributed by atoms with E-state index in [2.05, 4.69) is 6.92 Å². The molecule has 0 saturated heterocycles. The van der Waals surface area contributed by atoms with E-state index in [9.17, 15) is 0 Å². The SMILES string of the molecule is CC1(CCCO)CC2CCCC(OCCO)(C2)C1. The minimum absolute atomic E-state index is 0.0219. The molecule has 0 aromatic rings. The van der Waals surface area contributed by atoms with E-state index in [1.54, 1.807) is 0 Å². The Morgan fingerprint density at radius 1 is 1.22 bits per heavy atom. The molecule has 0 radical (unpaired) electrons. The maximum Gasteiger partial charge on any atom is 0.0705 e. The minimum atomic E-state index is 0.0219. The summed E-state index contributed by atoms with van der Waals surface area (Å²) in [6.07, 6.45) is 9.34. The molecule has 2 aliphatic carbocycles. The highest BCUT2D eigenvalue weighted by Gasteiger charge is 2.48. The fourth-order valence-electron chi connectivity index (χ4n) is 4.47. The smallest absolute Gasteiger partial charge is 0.0705 e. The molecule has 2 rings (SSSR count). The quantitative estimate of drug-likeness (QED) is 0.767. The minimum Gasteiger partial charge on any atom is -0.396 e. The van der Waals surface area contributed by atoms with Gasteiger partial charge in [-0.1, -0.05) is 19.8 Å². The molecule has 18 heavy (non-hydrogen) atoms. The lowest BCUT2D eigenvalue weighted by molar-refractivity contribution is -0.145. The topological polar surface area (TPSA) is 49.7 Å². The summed E-state index contributed by atoms with van der Waals surface area (Å²) in [5.74, 6) is 0.787. The summed E-state index contributed by atoms with van der Waals surface area (Å²) >= 11 is 0. The van der Waals surface area contributed by atoms with Crippen LogP contribution in [0, 0.1) is 11.3 Å². The lowest BCUT2D eigenvalue weighted by Crippen LogP contribution is -2.48. The molecule has 2 fully saturated rings. The van der Waals surface area contributed by atoms with Gasteiger partial charge in [-0.05, 0) is 49.9 Å². The monoisotopic (exact) mass is 256 g/mol. The molecule has 0 aliphatic heterocycles. The van der Waals surface area contributed by atoms with Crippen molar-refractivity contribution in [3.05, 3.63) is 0 Å². The number of aliphatic hydroxyl groups excluding tert-OH is 2. The highest BCUT2D eigenvalue weighted by molar-refractivity contribution is 4.99. The van der Waals surface area contributed by atoms with Gasteiger partial charge in [0.25, 0.3) is 0 Å². The van der Waals surface area contributed by atoms with E-state index >= 15 is 0 Å². The van der Waals surface area contributed by atoms with Gasteiger partial charge in [0.15, 0.2) is 0 Å². The lowest BCUT2D eigenvalue weighted by Gasteiger charge is -2.52. The van der Waals surface area contributed by atoms with Gasteiger partial charge in [0, 0.05) is 6.61 Å². The molecule has 0 spiro atoms. The first-order valence-electron chi connectivity index (χ1n) is 7.47. The van der Waals surface area contributed by atoms with Gasteiger partial charge in [0.05, 0.1) is 18.8 Å². The molecule has 3 unspecified atom stereocenters. The largest absolute Gasteiger partial charge is 0.396 e. The van der Waals surface area contributed by atoms with Crippen molar-refractivity contribution < 1.29 is 14.9 Å². The molecule has 3 heteroatoms. The van der Waals surface area contributed by atoms with Gasteiger partial charge >= 0.3 is 0 Å². The van der Waals surface area contributed by atoms with Gasteiger partial charge in [0.1, 0.15) is 0 Å². The zero-order chi connectivity index (χ0) is 13.1. The number of rotatable bonds is 6. The predicted octanol–water partition coefficient (Wildman–Crippen LogP) is 2.50. The van der Waals surface area contributed by atoms with Gasteiger partial charge in [-0.2, -0.15) is 0 Å². The summed E-state index contributed by atoms with van der Waals surface area (Å²) in [4.78, 5) is 0. The standard InChI is InChI=1S/C15H28O3/c1-14(5-3-7-16)10-13-4-2-6-15(11-13,12-14)18-9-8-17/h13,16-17H,2-12H2,1H3. The van der Waals surface area contributed by atoms with E-state index < -0.39 is 0 Å². The van der Waals surface area contributed by atoms with E-state index in [-0.39, 0.29) is 12.2 Å². The molecular weight excluding hydrogens is 228 g/mol. The third-order valence-corrected chi connectivity index (χ3v) is 4.87. The molecule has 0 amide bonds. The van der Waals surface area contributed by atoms with E-state index in [0.29, 0.717) is 18.6 Å². The average Bonchev–Trinajstić information content (AvgIpc) is 2.33. The van der Waals surface area contributed by atoms with Crippen LogP contribution in [0.4, 0.5) is 0 Å². The van der Waals surface area contributed by atoms with E-state index in [4.69, 9.17) is 14.9 Å². The molecule has 0 aromatic heterocycles. The molecule has 3 atom stereocenters. The lowest BCUT2D eigenvalue weighted by atomic mass is 9.58. The number of hydrogen-bond acceptors (Lipinski definition) is 3. The zero-order valence-corrected chi connectivity index (χ0v) is 11.7. The maximum atomic E-state index is 9.06. The van der Waals surface area contributed by atoms with Crippen LogP contribution in [0.25, 0.3) is 0 Å². The fraction of sp³-hybridized carbons (Fsp3) is 1.00. The second-order valence-electron chi connectivity index (χ2n) is 6.74. The molecule has 0 aromatic carbocycles. The molecule has 106 valence electrons. The van der Waals surface area contributed by atoms with E-state index in [0.717, 1.165) is 31.6 Å². The third kappa shape index (κ3) is 3.25. The first-order valence-corrected chi connectivity index (χ1v) is 7.47. The summed E-state index contributed by atoms with van der Waals surface area (Å²) < 4.78 is 6.05. The Kier molecular flexibility index (Phi) is 4.68. The molecule has 2 bridgehead atoms. The second-order valence-corrected chi connectivity index (χ2v) is 6.74. The van der Waals surface area contributed by atoms with Crippen LogP contribution in [0.15, 0.2) is 0 Å². The van der Waals surface area contributed by atoms with Crippen LogP contribution in [-0.4, -0.2) is 35.6 Å². The van der Waals surface area contributed by atoms with Gasteiger partial charge in [-0.15, -0.1) is 0 Å². The zero-order valence-electron chi connectivity index (χ0n) is 11.7. The Bertz CT molecular complexity index is 266. The van der Waals surface area contributed by atoms with Crippen LogP contribution in [0.3, 0.4) is 0 Å². The first kappa shape index (κ1) is 14.3. The summed E-state index contributed by atoms with van der Waals surface area (Å²) in [6, 6.07) is 0. The molecule has 2 saturated carbocycles. The van der Waals surface area contributed by atoms with Crippen molar-refractivity contribution in [2.75, 3.05) is 19.8 Å². The van der Waals surface area contributed by atoms with Gasteiger partial charge in [-0.3, -0.25) is 0 Å². The van der Waals surface area contributed by atoms with E-state index in [1.165, 1.54) is 25.7 Å². The number of fused-ring (bicyclic) bond motifs is 2. The van der Waals surface area contributed by atoms with Crippen molar-refractivity contribution in [3.8, 4) is 0 Å². The van der Waals surface area contributed by atoms with Crippen LogP contribution in [-0.2, 0) is 4.74 Å². The van der Waals surface area contributed by atoms with Crippen LogP contribution >= 0.6 is 0 Å². The Morgan fingerprint density at radius 3 is 2.78 bits per heavy atom. The average molecular weight is 256 g/mol. The van der Waals surface area contributed by atoms with Gasteiger partial charge in [-0.25, -0.2) is 0 Å². The van der Waals surface area contributed by atoms with Crippen LogP contribution in [0.5, 0.6) is 0 Å². The molecular formula is C15H28O3. The van der Waals surface area contributed by atoms with Crippen LogP contribution in [0.2, 0.25) is 0 Å². The van der Waals surface area contributed by atoms with Crippen molar-refractivity contribution in [2.45, 2.75) is 63.9 Å². The number of aliphatic hydroxyl groups is 2. The Morgan fingerprint density at radius 2 is 2.06 bits per heavy atom. The second kappa shape index (κ2) is 5.89. The van der Waals surface area contributed by atoms with Gasteiger partial charge in [0.2, 0.25) is 0 Å². The summed E-state index contributed by atoms with van der Waals surface area (Å²) in [5, 5.41) is 18.1. The normalized spacial score (nSPS) is 39.8. The number of ether oxygens (including phenoxy) is 1. The fourth-order valence-corrected chi connectivity index (χ4v) is 4.47. The van der Waals surface area contributed by atoms with Crippen molar-refractivity contribution in [2.24, 2.45) is 11.3 Å². The third-order valence-electron chi connectivity index (χ3n) is 4.87. The Balaban J connectivity index is 2.04. The molecule has 2 N–H and O–H groups in total. The molecule has 2 aliphatic rings. The Hall–Kier alpha value is -0.120. The van der Waals surface area contributed by atoms with Crippen LogP contribution in [0.1, 0.15) is 58.3 Å². The predicted molar refractivity (Wildman–Crippen MR) is 71.4 cm³/mol.